The van der Waals surface area contributed by atoms with E-state index in [0.717, 1.165) is 11.3 Å². The number of anilines is 1. The van der Waals surface area contributed by atoms with Gasteiger partial charge in [0, 0.05) is 18.2 Å². The fraction of sp³-hybridized carbons (Fsp3) is 0.269. The van der Waals surface area contributed by atoms with Crippen LogP contribution in [0.25, 0.3) is 0 Å². The van der Waals surface area contributed by atoms with E-state index < -0.39 is 0 Å². The Labute approximate surface area is 198 Å². The van der Waals surface area contributed by atoms with Crippen molar-refractivity contribution in [2.24, 2.45) is 0 Å². The molecular formula is C26H26FN3O4. The highest BCUT2D eigenvalue weighted by molar-refractivity contribution is 6.04. The van der Waals surface area contributed by atoms with Gasteiger partial charge in [0.1, 0.15) is 24.3 Å². The Morgan fingerprint density at radius 3 is 2.65 bits per heavy atom. The number of carbonyl (C=O) groups is 1. The molecule has 34 heavy (non-hydrogen) atoms. The zero-order chi connectivity index (χ0) is 24.3. The Bertz CT molecular complexity index is 1160. The average Bonchev–Trinajstić information content (AvgIpc) is 2.81. The van der Waals surface area contributed by atoms with E-state index >= 15 is 0 Å². The minimum absolute atomic E-state index is 0.170. The molecule has 0 aliphatic heterocycles. The molecule has 0 saturated heterocycles. The van der Waals surface area contributed by atoms with E-state index in [2.05, 4.69) is 27.1 Å². The largest absolute Gasteiger partial charge is 0.488 e. The standard InChI is InChI=1S/C26H26FN3O4/c1-18-14-29-25(15-28-18)30-26(31)22-11-21(12-24(13-22)34-19(2)16-32-3)5-4-10-33-17-20-6-8-23(27)9-7-20/h6-9,11-15,19H,10,16-17H2,1-3H3,(H,29,30,31)/t19-/m0/s1. The van der Waals surface area contributed by atoms with Crippen LogP contribution in [0, 0.1) is 24.6 Å². The lowest BCUT2D eigenvalue weighted by atomic mass is 10.1. The molecule has 3 rings (SSSR count). The summed E-state index contributed by atoms with van der Waals surface area (Å²) in [4.78, 5) is 21.1. The lowest BCUT2D eigenvalue weighted by Crippen LogP contribution is -2.19. The van der Waals surface area contributed by atoms with Crippen LogP contribution >= 0.6 is 0 Å². The van der Waals surface area contributed by atoms with Gasteiger partial charge in [-0.15, -0.1) is 0 Å². The van der Waals surface area contributed by atoms with E-state index in [1.165, 1.54) is 18.3 Å². The zero-order valence-electron chi connectivity index (χ0n) is 19.3. The third-order valence-corrected chi connectivity index (χ3v) is 4.52. The van der Waals surface area contributed by atoms with Gasteiger partial charge in [-0.05, 0) is 49.7 Å². The zero-order valence-corrected chi connectivity index (χ0v) is 19.3. The summed E-state index contributed by atoms with van der Waals surface area (Å²) in [6.07, 6.45) is 2.85. The number of nitrogens with one attached hydrogen (secondary N) is 1. The second-order valence-corrected chi connectivity index (χ2v) is 7.55. The molecule has 1 N–H and O–H groups in total. The molecule has 0 aliphatic rings. The topological polar surface area (TPSA) is 82.6 Å². The first-order valence-corrected chi connectivity index (χ1v) is 10.6. The summed E-state index contributed by atoms with van der Waals surface area (Å²) >= 11 is 0. The molecule has 1 heterocycles. The van der Waals surface area contributed by atoms with Gasteiger partial charge in [0.15, 0.2) is 5.82 Å². The van der Waals surface area contributed by atoms with Crippen molar-refractivity contribution in [1.82, 2.24) is 9.97 Å². The maximum atomic E-state index is 13.0. The highest BCUT2D eigenvalue weighted by Crippen LogP contribution is 2.19. The molecule has 0 fully saturated rings. The smallest absolute Gasteiger partial charge is 0.257 e. The number of halogens is 1. The number of hydrogen-bond donors (Lipinski definition) is 1. The number of benzene rings is 2. The van der Waals surface area contributed by atoms with Crippen LogP contribution in [-0.2, 0) is 16.1 Å². The quantitative estimate of drug-likeness (QED) is 0.379. The second kappa shape index (κ2) is 12.4. The van der Waals surface area contributed by atoms with Gasteiger partial charge in [-0.25, -0.2) is 9.37 Å². The Kier molecular flexibility index (Phi) is 9.09. The van der Waals surface area contributed by atoms with Crippen LogP contribution in [0.2, 0.25) is 0 Å². The molecule has 0 radical (unpaired) electrons. The van der Waals surface area contributed by atoms with Crippen molar-refractivity contribution in [1.29, 1.82) is 0 Å². The summed E-state index contributed by atoms with van der Waals surface area (Å²) in [5.74, 6) is 6.11. The Morgan fingerprint density at radius 2 is 1.94 bits per heavy atom. The summed E-state index contributed by atoms with van der Waals surface area (Å²) in [6, 6.07) is 11.1. The van der Waals surface area contributed by atoms with Gasteiger partial charge < -0.3 is 19.5 Å². The van der Waals surface area contributed by atoms with E-state index in [1.807, 2.05) is 13.8 Å². The predicted molar refractivity (Wildman–Crippen MR) is 126 cm³/mol. The van der Waals surface area contributed by atoms with Crippen molar-refractivity contribution in [3.05, 3.63) is 83.1 Å². The van der Waals surface area contributed by atoms with Crippen LogP contribution < -0.4 is 10.1 Å². The van der Waals surface area contributed by atoms with Crippen molar-refractivity contribution in [3.8, 4) is 17.6 Å². The molecule has 3 aromatic rings. The molecule has 0 bridgehead atoms. The molecule has 1 amide bonds. The Morgan fingerprint density at radius 1 is 1.15 bits per heavy atom. The van der Waals surface area contributed by atoms with Gasteiger partial charge in [0.05, 0.1) is 31.3 Å². The fourth-order valence-electron chi connectivity index (χ4n) is 2.96. The van der Waals surface area contributed by atoms with Gasteiger partial charge >= 0.3 is 0 Å². The number of nitrogens with zero attached hydrogens (tertiary/aromatic N) is 2. The van der Waals surface area contributed by atoms with Crippen LogP contribution in [0.5, 0.6) is 5.75 Å². The molecule has 0 spiro atoms. The molecule has 2 aromatic carbocycles. The molecular weight excluding hydrogens is 437 g/mol. The minimum atomic E-state index is -0.362. The van der Waals surface area contributed by atoms with E-state index in [0.29, 0.717) is 35.9 Å². The SMILES string of the molecule is COC[C@H](C)Oc1cc(C#CCOCc2ccc(F)cc2)cc(C(=O)Nc2cnc(C)cn2)c1. The lowest BCUT2D eigenvalue weighted by Gasteiger charge is -2.15. The van der Waals surface area contributed by atoms with E-state index in [-0.39, 0.29) is 24.4 Å². The Balaban J connectivity index is 1.71. The summed E-state index contributed by atoms with van der Waals surface area (Å²) in [5.41, 5.74) is 2.55. The highest BCUT2D eigenvalue weighted by atomic mass is 19.1. The number of rotatable bonds is 9. The number of aromatic nitrogens is 2. The van der Waals surface area contributed by atoms with Gasteiger partial charge in [-0.3, -0.25) is 9.78 Å². The number of amides is 1. The van der Waals surface area contributed by atoms with Gasteiger partial charge in [0.25, 0.3) is 5.91 Å². The maximum absolute atomic E-state index is 13.0. The third kappa shape index (κ3) is 7.96. The molecule has 176 valence electrons. The van der Waals surface area contributed by atoms with Crippen LogP contribution in [0.1, 0.15) is 34.1 Å². The number of carbonyl (C=O) groups excluding carboxylic acids is 1. The molecule has 0 aliphatic carbocycles. The van der Waals surface area contributed by atoms with Crippen molar-refractivity contribution in [2.45, 2.75) is 26.6 Å². The van der Waals surface area contributed by atoms with Crippen LogP contribution in [0.3, 0.4) is 0 Å². The van der Waals surface area contributed by atoms with Gasteiger partial charge in [-0.1, -0.05) is 24.0 Å². The molecule has 1 atom stereocenters. The van der Waals surface area contributed by atoms with Gasteiger partial charge in [-0.2, -0.15) is 0 Å². The van der Waals surface area contributed by atoms with E-state index in [9.17, 15) is 9.18 Å². The number of hydrogen-bond acceptors (Lipinski definition) is 6. The highest BCUT2D eigenvalue weighted by Gasteiger charge is 2.12. The molecule has 0 saturated carbocycles. The van der Waals surface area contributed by atoms with E-state index in [1.54, 1.807) is 43.6 Å². The minimum Gasteiger partial charge on any atom is -0.488 e. The van der Waals surface area contributed by atoms with Crippen LogP contribution in [-0.4, -0.2) is 42.3 Å². The lowest BCUT2D eigenvalue weighted by molar-refractivity contribution is 0.0917. The summed E-state index contributed by atoms with van der Waals surface area (Å²) in [6.45, 7) is 4.57. The van der Waals surface area contributed by atoms with Crippen molar-refractivity contribution in [2.75, 3.05) is 25.6 Å². The molecule has 7 nitrogen and oxygen atoms in total. The second-order valence-electron chi connectivity index (χ2n) is 7.55. The Hall–Kier alpha value is -3.80. The van der Waals surface area contributed by atoms with Gasteiger partial charge in [0.2, 0.25) is 0 Å². The first-order valence-electron chi connectivity index (χ1n) is 10.6. The van der Waals surface area contributed by atoms with E-state index in [4.69, 9.17) is 14.2 Å². The van der Waals surface area contributed by atoms with Crippen LogP contribution in [0.4, 0.5) is 10.2 Å². The molecule has 0 unspecified atom stereocenters. The van der Waals surface area contributed by atoms with Crippen molar-refractivity contribution in [3.63, 3.8) is 0 Å². The average molecular weight is 464 g/mol. The van der Waals surface area contributed by atoms with Crippen LogP contribution in [0.15, 0.2) is 54.9 Å². The number of aryl methyl sites for hydroxylation is 1. The number of methoxy groups -OCH3 is 1. The first kappa shape index (κ1) is 24.8. The maximum Gasteiger partial charge on any atom is 0.257 e. The number of ether oxygens (including phenoxy) is 3. The first-order chi connectivity index (χ1) is 16.4. The monoisotopic (exact) mass is 463 g/mol. The third-order valence-electron chi connectivity index (χ3n) is 4.52. The fourth-order valence-corrected chi connectivity index (χ4v) is 2.96. The van der Waals surface area contributed by atoms with Crippen molar-refractivity contribution >= 4 is 11.7 Å². The summed E-state index contributed by atoms with van der Waals surface area (Å²) in [5, 5.41) is 2.72. The summed E-state index contributed by atoms with van der Waals surface area (Å²) in [7, 11) is 1.59. The predicted octanol–water partition coefficient (Wildman–Crippen LogP) is 4.16. The molecule has 8 heteroatoms. The molecule has 1 aromatic heterocycles. The summed E-state index contributed by atoms with van der Waals surface area (Å²) < 4.78 is 29.5. The van der Waals surface area contributed by atoms with Crippen molar-refractivity contribution < 1.29 is 23.4 Å². The normalized spacial score (nSPS) is 11.3.